The Balaban J connectivity index is 2.74. The van der Waals surface area contributed by atoms with Crippen molar-refractivity contribution in [1.82, 2.24) is 5.32 Å². The average Bonchev–Trinajstić information content (AvgIpc) is 2.26. The third kappa shape index (κ3) is 4.51. The van der Waals surface area contributed by atoms with Gasteiger partial charge in [0.15, 0.2) is 0 Å². The van der Waals surface area contributed by atoms with Gasteiger partial charge in [-0.1, -0.05) is 12.1 Å². The SMILES string of the molecule is CC(C)NC(=O)c1ccc(C=CC(=O)O)cc1. The molecule has 0 aliphatic heterocycles. The van der Waals surface area contributed by atoms with Crippen molar-refractivity contribution in [2.45, 2.75) is 19.9 Å². The summed E-state index contributed by atoms with van der Waals surface area (Å²) in [7, 11) is 0. The van der Waals surface area contributed by atoms with Crippen molar-refractivity contribution in [2.75, 3.05) is 0 Å². The quantitative estimate of drug-likeness (QED) is 0.781. The van der Waals surface area contributed by atoms with Crippen LogP contribution in [0.15, 0.2) is 30.3 Å². The minimum absolute atomic E-state index is 0.0917. The van der Waals surface area contributed by atoms with Crippen LogP contribution in [0.4, 0.5) is 0 Å². The third-order valence-corrected chi connectivity index (χ3v) is 2.01. The van der Waals surface area contributed by atoms with Crippen molar-refractivity contribution >= 4 is 18.0 Å². The summed E-state index contributed by atoms with van der Waals surface area (Å²) in [5.74, 6) is -1.12. The summed E-state index contributed by atoms with van der Waals surface area (Å²) in [5.41, 5.74) is 1.31. The van der Waals surface area contributed by atoms with Crippen LogP contribution in [0.5, 0.6) is 0 Å². The largest absolute Gasteiger partial charge is 0.478 e. The van der Waals surface area contributed by atoms with Crippen LogP contribution in [-0.2, 0) is 4.79 Å². The molecular formula is C13H15NO3. The van der Waals surface area contributed by atoms with E-state index in [2.05, 4.69) is 5.32 Å². The van der Waals surface area contributed by atoms with E-state index < -0.39 is 5.97 Å². The van der Waals surface area contributed by atoms with Gasteiger partial charge in [-0.2, -0.15) is 0 Å². The Labute approximate surface area is 100.0 Å². The van der Waals surface area contributed by atoms with Crippen molar-refractivity contribution in [3.63, 3.8) is 0 Å². The molecule has 4 nitrogen and oxygen atoms in total. The second kappa shape index (κ2) is 5.84. The number of nitrogens with one attached hydrogen (secondary N) is 1. The minimum Gasteiger partial charge on any atom is -0.478 e. The molecular weight excluding hydrogens is 218 g/mol. The number of carbonyl (C=O) groups excluding carboxylic acids is 1. The highest BCUT2D eigenvalue weighted by molar-refractivity contribution is 5.94. The van der Waals surface area contributed by atoms with Gasteiger partial charge in [-0.15, -0.1) is 0 Å². The van der Waals surface area contributed by atoms with E-state index in [1.165, 1.54) is 6.08 Å². The van der Waals surface area contributed by atoms with Crippen LogP contribution in [0.3, 0.4) is 0 Å². The first-order valence-electron chi connectivity index (χ1n) is 5.31. The van der Waals surface area contributed by atoms with Gasteiger partial charge in [-0.3, -0.25) is 4.79 Å². The number of rotatable bonds is 4. The molecule has 4 heteroatoms. The molecule has 0 fully saturated rings. The zero-order valence-corrected chi connectivity index (χ0v) is 9.81. The number of benzene rings is 1. The van der Waals surface area contributed by atoms with Gasteiger partial charge in [0.2, 0.25) is 0 Å². The summed E-state index contributed by atoms with van der Waals surface area (Å²) < 4.78 is 0. The highest BCUT2D eigenvalue weighted by atomic mass is 16.4. The maximum Gasteiger partial charge on any atom is 0.328 e. The molecule has 0 saturated heterocycles. The van der Waals surface area contributed by atoms with E-state index in [1.807, 2.05) is 13.8 Å². The summed E-state index contributed by atoms with van der Waals surface area (Å²) in [4.78, 5) is 21.9. The van der Waals surface area contributed by atoms with Crippen LogP contribution < -0.4 is 5.32 Å². The number of amides is 1. The fourth-order valence-corrected chi connectivity index (χ4v) is 1.26. The molecule has 0 atom stereocenters. The number of carboxylic acids is 1. The van der Waals surface area contributed by atoms with Crippen molar-refractivity contribution in [1.29, 1.82) is 0 Å². The Morgan fingerprint density at radius 1 is 1.24 bits per heavy atom. The lowest BCUT2D eigenvalue weighted by Crippen LogP contribution is -2.29. The predicted molar refractivity (Wildman–Crippen MR) is 65.7 cm³/mol. The van der Waals surface area contributed by atoms with E-state index in [0.29, 0.717) is 5.56 Å². The molecule has 1 rings (SSSR count). The summed E-state index contributed by atoms with van der Waals surface area (Å²) in [6, 6.07) is 6.83. The zero-order valence-electron chi connectivity index (χ0n) is 9.81. The molecule has 2 N–H and O–H groups in total. The first kappa shape index (κ1) is 13.0. The summed E-state index contributed by atoms with van der Waals surface area (Å²) in [6.07, 6.45) is 2.54. The van der Waals surface area contributed by atoms with Crippen LogP contribution in [0, 0.1) is 0 Å². The van der Waals surface area contributed by atoms with Gasteiger partial charge in [0.25, 0.3) is 5.91 Å². The van der Waals surface area contributed by atoms with Crippen LogP contribution in [0.1, 0.15) is 29.8 Å². The lowest BCUT2D eigenvalue weighted by molar-refractivity contribution is -0.131. The fourth-order valence-electron chi connectivity index (χ4n) is 1.26. The molecule has 1 aromatic rings. The van der Waals surface area contributed by atoms with Crippen molar-refractivity contribution < 1.29 is 14.7 Å². The molecule has 1 aromatic carbocycles. The van der Waals surface area contributed by atoms with Crippen LogP contribution in [-0.4, -0.2) is 23.0 Å². The van der Waals surface area contributed by atoms with Crippen molar-refractivity contribution in [2.24, 2.45) is 0 Å². The van der Waals surface area contributed by atoms with E-state index in [0.717, 1.165) is 11.6 Å². The van der Waals surface area contributed by atoms with E-state index in [9.17, 15) is 9.59 Å². The maximum atomic E-state index is 11.6. The highest BCUT2D eigenvalue weighted by Crippen LogP contribution is 2.06. The molecule has 0 bridgehead atoms. The van der Waals surface area contributed by atoms with Gasteiger partial charge in [-0.05, 0) is 37.6 Å². The molecule has 0 radical (unpaired) electrons. The molecule has 0 spiro atoms. The Bertz CT molecular complexity index is 432. The van der Waals surface area contributed by atoms with E-state index in [1.54, 1.807) is 24.3 Å². The number of hydrogen-bond donors (Lipinski definition) is 2. The number of carboxylic acid groups (broad SMARTS) is 1. The van der Waals surface area contributed by atoms with Crippen LogP contribution in [0.2, 0.25) is 0 Å². The molecule has 0 aliphatic carbocycles. The molecule has 0 heterocycles. The van der Waals surface area contributed by atoms with Crippen molar-refractivity contribution in [3.8, 4) is 0 Å². The third-order valence-electron chi connectivity index (χ3n) is 2.01. The Kier molecular flexibility index (Phi) is 4.46. The van der Waals surface area contributed by atoms with Gasteiger partial charge in [-0.25, -0.2) is 4.79 Å². The Morgan fingerprint density at radius 3 is 2.29 bits per heavy atom. The number of aliphatic carboxylic acids is 1. The standard InChI is InChI=1S/C13H15NO3/c1-9(2)14-13(17)11-6-3-10(4-7-11)5-8-12(15)16/h3-9H,1-2H3,(H,14,17)(H,15,16). The second-order valence-electron chi connectivity index (χ2n) is 3.92. The van der Waals surface area contributed by atoms with E-state index >= 15 is 0 Å². The predicted octanol–water partition coefficient (Wildman–Crippen LogP) is 1.92. The smallest absolute Gasteiger partial charge is 0.328 e. The van der Waals surface area contributed by atoms with Gasteiger partial charge in [0, 0.05) is 17.7 Å². The first-order chi connectivity index (χ1) is 7.99. The summed E-state index contributed by atoms with van der Waals surface area (Å²) in [5, 5.41) is 11.2. The molecule has 0 saturated carbocycles. The topological polar surface area (TPSA) is 66.4 Å². The van der Waals surface area contributed by atoms with Crippen molar-refractivity contribution in [3.05, 3.63) is 41.5 Å². The minimum atomic E-state index is -0.994. The van der Waals surface area contributed by atoms with Crippen LogP contribution in [0.25, 0.3) is 6.08 Å². The lowest BCUT2D eigenvalue weighted by atomic mass is 10.1. The first-order valence-corrected chi connectivity index (χ1v) is 5.31. The number of carbonyl (C=O) groups is 2. The van der Waals surface area contributed by atoms with Gasteiger partial charge in [0.05, 0.1) is 0 Å². The molecule has 0 aromatic heterocycles. The fraction of sp³-hybridized carbons (Fsp3) is 0.231. The molecule has 1 amide bonds. The Morgan fingerprint density at radius 2 is 1.82 bits per heavy atom. The lowest BCUT2D eigenvalue weighted by Gasteiger charge is -2.08. The van der Waals surface area contributed by atoms with E-state index in [4.69, 9.17) is 5.11 Å². The molecule has 90 valence electrons. The van der Waals surface area contributed by atoms with E-state index in [-0.39, 0.29) is 11.9 Å². The maximum absolute atomic E-state index is 11.6. The zero-order chi connectivity index (χ0) is 12.8. The van der Waals surface area contributed by atoms with Gasteiger partial charge >= 0.3 is 5.97 Å². The summed E-state index contributed by atoms with van der Waals surface area (Å²) in [6.45, 7) is 3.78. The van der Waals surface area contributed by atoms with Gasteiger partial charge < -0.3 is 10.4 Å². The van der Waals surface area contributed by atoms with Crippen LogP contribution >= 0.6 is 0 Å². The second-order valence-corrected chi connectivity index (χ2v) is 3.92. The summed E-state index contributed by atoms with van der Waals surface area (Å²) >= 11 is 0. The Hall–Kier alpha value is -2.10. The molecule has 0 aliphatic rings. The monoisotopic (exact) mass is 233 g/mol. The average molecular weight is 233 g/mol. The molecule has 17 heavy (non-hydrogen) atoms. The van der Waals surface area contributed by atoms with Gasteiger partial charge in [0.1, 0.15) is 0 Å². The highest BCUT2D eigenvalue weighted by Gasteiger charge is 2.05. The normalized spacial score (nSPS) is 10.8. The molecule has 0 unspecified atom stereocenters. The number of hydrogen-bond acceptors (Lipinski definition) is 2.